The zero-order chi connectivity index (χ0) is 11.0. The number of aryl methyl sites for hydroxylation is 2. The van der Waals surface area contributed by atoms with Crippen molar-refractivity contribution in [1.29, 1.82) is 0 Å². The van der Waals surface area contributed by atoms with Crippen molar-refractivity contribution in [3.05, 3.63) is 29.2 Å². The molecule has 2 N–H and O–H groups in total. The molecule has 0 fully saturated rings. The Bertz CT molecular complexity index is 501. The molecule has 0 bridgehead atoms. The molecule has 0 saturated heterocycles. The van der Waals surface area contributed by atoms with Crippen molar-refractivity contribution in [2.75, 3.05) is 5.73 Å². The predicted octanol–water partition coefficient (Wildman–Crippen LogP) is 1.17. The van der Waals surface area contributed by atoms with Crippen LogP contribution in [0.2, 0.25) is 0 Å². The van der Waals surface area contributed by atoms with E-state index in [-0.39, 0.29) is 0 Å². The fraction of sp³-hybridized carbons (Fsp3) is 0.300. The van der Waals surface area contributed by atoms with Gasteiger partial charge in [-0.2, -0.15) is 10.2 Å². The topological polar surface area (TPSA) is 69.6 Å². The second kappa shape index (κ2) is 3.34. The lowest BCUT2D eigenvalue weighted by atomic mass is 10.3. The van der Waals surface area contributed by atoms with E-state index in [0.29, 0.717) is 11.5 Å². The molecule has 0 radical (unpaired) electrons. The van der Waals surface area contributed by atoms with Crippen LogP contribution in [0.3, 0.4) is 0 Å². The summed E-state index contributed by atoms with van der Waals surface area (Å²) in [5.74, 6) is 0.701. The van der Waals surface area contributed by atoms with Crippen LogP contribution >= 0.6 is 0 Å². The molecule has 15 heavy (non-hydrogen) atoms. The quantitative estimate of drug-likeness (QED) is 0.755. The van der Waals surface area contributed by atoms with Crippen LogP contribution in [0.4, 0.5) is 5.69 Å². The Balaban J connectivity index is 2.59. The first-order valence-electron chi connectivity index (χ1n) is 4.71. The number of hydrogen-bond acceptors (Lipinski definition) is 4. The molecule has 2 heterocycles. The van der Waals surface area contributed by atoms with E-state index in [9.17, 15) is 0 Å². The molecule has 0 spiro atoms. The van der Waals surface area contributed by atoms with Crippen molar-refractivity contribution in [1.82, 2.24) is 20.0 Å². The number of nitrogen functional groups attached to an aromatic ring is 1. The van der Waals surface area contributed by atoms with Gasteiger partial charge < -0.3 is 5.73 Å². The van der Waals surface area contributed by atoms with Gasteiger partial charge in [-0.3, -0.25) is 0 Å². The lowest BCUT2D eigenvalue weighted by molar-refractivity contribution is 0.779. The molecule has 0 aromatic carbocycles. The van der Waals surface area contributed by atoms with Gasteiger partial charge >= 0.3 is 0 Å². The molecule has 2 aromatic heterocycles. The lowest BCUT2D eigenvalue weighted by Gasteiger charge is -2.02. The number of aromatic nitrogens is 4. The van der Waals surface area contributed by atoms with Crippen LogP contribution in [-0.4, -0.2) is 20.0 Å². The van der Waals surface area contributed by atoms with E-state index in [1.807, 2.05) is 26.8 Å². The van der Waals surface area contributed by atoms with Gasteiger partial charge in [-0.25, -0.2) is 4.68 Å². The maximum Gasteiger partial charge on any atom is 0.176 e. The van der Waals surface area contributed by atoms with Crippen molar-refractivity contribution in [3.63, 3.8) is 0 Å². The van der Waals surface area contributed by atoms with Crippen LogP contribution in [0.5, 0.6) is 0 Å². The SMILES string of the molecule is Cc1cnnc(-n2nc(C)c(N)c2C)c1. The highest BCUT2D eigenvalue weighted by Gasteiger charge is 2.10. The van der Waals surface area contributed by atoms with Crippen molar-refractivity contribution >= 4 is 5.69 Å². The average molecular weight is 203 g/mol. The number of nitrogens with zero attached hydrogens (tertiary/aromatic N) is 4. The summed E-state index contributed by atoms with van der Waals surface area (Å²) in [6.45, 7) is 5.76. The minimum Gasteiger partial charge on any atom is -0.396 e. The maximum atomic E-state index is 5.85. The normalized spacial score (nSPS) is 10.6. The number of nitrogens with two attached hydrogens (primary N) is 1. The van der Waals surface area contributed by atoms with E-state index in [0.717, 1.165) is 17.0 Å². The van der Waals surface area contributed by atoms with Crippen LogP contribution in [-0.2, 0) is 0 Å². The molecule has 0 saturated carbocycles. The molecule has 0 amide bonds. The summed E-state index contributed by atoms with van der Waals surface area (Å²) in [7, 11) is 0. The third-order valence-corrected chi connectivity index (χ3v) is 2.34. The third kappa shape index (κ3) is 1.56. The fourth-order valence-electron chi connectivity index (χ4n) is 1.43. The van der Waals surface area contributed by atoms with Crippen LogP contribution < -0.4 is 5.73 Å². The van der Waals surface area contributed by atoms with Gasteiger partial charge in [-0.15, -0.1) is 5.10 Å². The summed E-state index contributed by atoms with van der Waals surface area (Å²) in [4.78, 5) is 0. The largest absolute Gasteiger partial charge is 0.396 e. The minimum atomic E-state index is 0.701. The molecule has 2 aromatic rings. The van der Waals surface area contributed by atoms with Gasteiger partial charge in [0.05, 0.1) is 23.3 Å². The van der Waals surface area contributed by atoms with E-state index in [1.54, 1.807) is 10.9 Å². The Morgan fingerprint density at radius 2 is 2.00 bits per heavy atom. The van der Waals surface area contributed by atoms with Crippen molar-refractivity contribution < 1.29 is 0 Å². The summed E-state index contributed by atoms with van der Waals surface area (Å²) in [6, 6.07) is 1.92. The van der Waals surface area contributed by atoms with Gasteiger partial charge in [0, 0.05) is 0 Å². The smallest absolute Gasteiger partial charge is 0.176 e. The van der Waals surface area contributed by atoms with Crippen molar-refractivity contribution in [2.45, 2.75) is 20.8 Å². The minimum absolute atomic E-state index is 0.701. The molecule has 0 aliphatic rings. The van der Waals surface area contributed by atoms with Gasteiger partial charge in [0.25, 0.3) is 0 Å². The highest BCUT2D eigenvalue weighted by Crippen LogP contribution is 2.17. The summed E-state index contributed by atoms with van der Waals surface area (Å²) < 4.78 is 1.71. The van der Waals surface area contributed by atoms with E-state index >= 15 is 0 Å². The maximum absolute atomic E-state index is 5.85. The number of anilines is 1. The standard InChI is InChI=1S/C10H13N5/c1-6-4-9(13-12-5-6)15-8(3)10(11)7(2)14-15/h4-5H,11H2,1-3H3. The molecule has 5 heteroatoms. The van der Waals surface area contributed by atoms with E-state index in [4.69, 9.17) is 5.73 Å². The third-order valence-electron chi connectivity index (χ3n) is 2.34. The molecule has 0 aliphatic heterocycles. The molecule has 0 aliphatic carbocycles. The van der Waals surface area contributed by atoms with Gasteiger partial charge in [0.1, 0.15) is 0 Å². The molecular formula is C10H13N5. The van der Waals surface area contributed by atoms with Crippen LogP contribution in [0.15, 0.2) is 12.3 Å². The molecule has 2 rings (SSSR count). The molecule has 0 unspecified atom stereocenters. The molecule has 78 valence electrons. The summed E-state index contributed by atoms with van der Waals surface area (Å²) >= 11 is 0. The Hall–Kier alpha value is -1.91. The van der Waals surface area contributed by atoms with Gasteiger partial charge in [-0.05, 0) is 32.4 Å². The highest BCUT2D eigenvalue weighted by atomic mass is 15.4. The van der Waals surface area contributed by atoms with Crippen molar-refractivity contribution in [2.24, 2.45) is 0 Å². The second-order valence-electron chi connectivity index (χ2n) is 3.59. The van der Waals surface area contributed by atoms with E-state index < -0.39 is 0 Å². The second-order valence-corrected chi connectivity index (χ2v) is 3.59. The number of hydrogen-bond donors (Lipinski definition) is 1. The first-order chi connectivity index (χ1) is 7.09. The first kappa shape index (κ1) is 9.64. The molecule has 0 atom stereocenters. The Morgan fingerprint density at radius 3 is 2.53 bits per heavy atom. The Labute approximate surface area is 87.9 Å². The van der Waals surface area contributed by atoms with Crippen molar-refractivity contribution in [3.8, 4) is 5.82 Å². The molecule has 5 nitrogen and oxygen atoms in total. The van der Waals surface area contributed by atoms with E-state index in [2.05, 4.69) is 15.3 Å². The summed E-state index contributed by atoms with van der Waals surface area (Å²) in [6.07, 6.45) is 1.71. The Kier molecular flexibility index (Phi) is 2.15. The summed E-state index contributed by atoms with van der Waals surface area (Å²) in [5.41, 5.74) is 9.31. The van der Waals surface area contributed by atoms with Gasteiger partial charge in [0.2, 0.25) is 0 Å². The van der Waals surface area contributed by atoms with Gasteiger partial charge in [0.15, 0.2) is 5.82 Å². The van der Waals surface area contributed by atoms with Gasteiger partial charge in [-0.1, -0.05) is 0 Å². The lowest BCUT2D eigenvalue weighted by Crippen LogP contribution is -2.03. The Morgan fingerprint density at radius 1 is 1.27 bits per heavy atom. The monoisotopic (exact) mass is 203 g/mol. The fourth-order valence-corrected chi connectivity index (χ4v) is 1.43. The predicted molar refractivity (Wildman–Crippen MR) is 57.8 cm³/mol. The van der Waals surface area contributed by atoms with Crippen LogP contribution in [0, 0.1) is 20.8 Å². The van der Waals surface area contributed by atoms with Crippen LogP contribution in [0.1, 0.15) is 17.0 Å². The highest BCUT2D eigenvalue weighted by molar-refractivity contribution is 5.49. The zero-order valence-corrected chi connectivity index (χ0v) is 9.02. The first-order valence-corrected chi connectivity index (χ1v) is 4.71. The molecular weight excluding hydrogens is 190 g/mol. The average Bonchev–Trinajstić information content (AvgIpc) is 2.46. The van der Waals surface area contributed by atoms with Crippen LogP contribution in [0.25, 0.3) is 5.82 Å². The summed E-state index contributed by atoms with van der Waals surface area (Å²) in [5, 5.41) is 12.2. The zero-order valence-electron chi connectivity index (χ0n) is 9.02. The van der Waals surface area contributed by atoms with E-state index in [1.165, 1.54) is 0 Å². The number of rotatable bonds is 1.